The first-order chi connectivity index (χ1) is 11.7. The van der Waals surface area contributed by atoms with Gasteiger partial charge in [0.1, 0.15) is 6.54 Å². The molecule has 0 saturated carbocycles. The Hall–Kier alpha value is -2.19. The molecule has 2 aromatic rings. The molecule has 1 aliphatic rings. The Morgan fingerprint density at radius 1 is 1.50 bits per heavy atom. The van der Waals surface area contributed by atoms with Crippen molar-refractivity contribution in [3.63, 3.8) is 0 Å². The Morgan fingerprint density at radius 3 is 3.08 bits per heavy atom. The number of carbonyl (C=O) groups excluding carboxylic acids is 1. The second-order valence-electron chi connectivity index (χ2n) is 5.82. The van der Waals surface area contributed by atoms with Crippen molar-refractivity contribution in [1.82, 2.24) is 14.9 Å². The van der Waals surface area contributed by atoms with E-state index in [2.05, 4.69) is 10.3 Å². The highest BCUT2D eigenvalue weighted by atomic mass is 32.1. The van der Waals surface area contributed by atoms with Crippen LogP contribution in [0.5, 0.6) is 0 Å². The van der Waals surface area contributed by atoms with Gasteiger partial charge in [-0.15, -0.1) is 11.3 Å². The van der Waals surface area contributed by atoms with E-state index in [1.54, 1.807) is 11.3 Å². The molecule has 0 aromatic carbocycles. The molecule has 8 heteroatoms. The summed E-state index contributed by atoms with van der Waals surface area (Å²) in [5.41, 5.74) is -0.276. The van der Waals surface area contributed by atoms with Crippen molar-refractivity contribution in [3.8, 4) is 0 Å². The molecule has 1 aliphatic heterocycles. The molecule has 128 valence electrons. The van der Waals surface area contributed by atoms with Crippen LogP contribution in [0.3, 0.4) is 0 Å². The van der Waals surface area contributed by atoms with Crippen LogP contribution in [0.4, 0.5) is 5.82 Å². The predicted octanol–water partition coefficient (Wildman–Crippen LogP) is 0.440. The number of aliphatic hydroxyl groups is 1. The summed E-state index contributed by atoms with van der Waals surface area (Å²) in [4.78, 5) is 31.7. The van der Waals surface area contributed by atoms with Gasteiger partial charge < -0.3 is 19.9 Å². The molecule has 0 unspecified atom stereocenters. The van der Waals surface area contributed by atoms with Crippen LogP contribution < -0.4 is 15.8 Å². The van der Waals surface area contributed by atoms with Crippen LogP contribution in [0, 0.1) is 5.92 Å². The Bertz CT molecular complexity index is 744. The number of nitrogens with zero attached hydrogens (tertiary/aromatic N) is 3. The topological polar surface area (TPSA) is 87.5 Å². The summed E-state index contributed by atoms with van der Waals surface area (Å²) < 4.78 is 1.37. The molecule has 2 N–H and O–H groups in total. The average molecular weight is 348 g/mol. The first kappa shape index (κ1) is 16.7. The minimum atomic E-state index is -0.276. The van der Waals surface area contributed by atoms with E-state index < -0.39 is 0 Å². The molecule has 1 atom stereocenters. The van der Waals surface area contributed by atoms with Gasteiger partial charge in [-0.05, 0) is 17.9 Å². The third-order valence-electron chi connectivity index (χ3n) is 4.09. The summed E-state index contributed by atoms with van der Waals surface area (Å²) in [6.45, 7) is 1.86. The van der Waals surface area contributed by atoms with Crippen molar-refractivity contribution in [1.29, 1.82) is 0 Å². The standard InChI is InChI=1S/C16H20N4O3S/c21-11-12-3-5-19(9-12)15-16(23)20(6-4-17-15)10-14(22)18-8-13-2-1-7-24-13/h1-2,4,6-7,12,21H,3,5,8-11H2,(H,18,22)/t12-/m0/s1. The highest BCUT2D eigenvalue weighted by Gasteiger charge is 2.25. The van der Waals surface area contributed by atoms with Crippen LogP contribution in [0.15, 0.2) is 34.7 Å². The average Bonchev–Trinajstić information content (AvgIpc) is 3.26. The molecule has 0 aliphatic carbocycles. The van der Waals surface area contributed by atoms with Gasteiger partial charge in [0.25, 0.3) is 5.56 Å². The van der Waals surface area contributed by atoms with Crippen molar-refractivity contribution in [2.45, 2.75) is 19.5 Å². The van der Waals surface area contributed by atoms with Crippen LogP contribution in [0.1, 0.15) is 11.3 Å². The van der Waals surface area contributed by atoms with Gasteiger partial charge in [0.15, 0.2) is 5.82 Å². The fraction of sp³-hybridized carbons (Fsp3) is 0.438. The van der Waals surface area contributed by atoms with E-state index in [-0.39, 0.29) is 30.5 Å². The first-order valence-corrected chi connectivity index (χ1v) is 8.75. The van der Waals surface area contributed by atoms with Crippen molar-refractivity contribution >= 4 is 23.1 Å². The SMILES string of the molecule is O=C(Cn1ccnc(N2CC[C@H](CO)C2)c1=O)NCc1cccs1. The molecule has 2 aromatic heterocycles. The number of hydrogen-bond acceptors (Lipinski definition) is 6. The van der Waals surface area contributed by atoms with Crippen LogP contribution in [-0.4, -0.2) is 40.3 Å². The molecule has 3 heterocycles. The van der Waals surface area contributed by atoms with Gasteiger partial charge in [0.05, 0.1) is 6.54 Å². The minimum Gasteiger partial charge on any atom is -0.396 e. The number of aromatic nitrogens is 2. The number of rotatable bonds is 6. The molecule has 1 fully saturated rings. The van der Waals surface area contributed by atoms with Gasteiger partial charge in [-0.3, -0.25) is 9.59 Å². The number of carbonyl (C=O) groups is 1. The number of thiophene rings is 1. The molecular weight excluding hydrogens is 328 g/mol. The quantitative estimate of drug-likeness (QED) is 0.791. The Balaban J connectivity index is 1.65. The highest BCUT2D eigenvalue weighted by Crippen LogP contribution is 2.18. The summed E-state index contributed by atoms with van der Waals surface area (Å²) in [6, 6.07) is 3.88. The number of aliphatic hydroxyl groups excluding tert-OH is 1. The number of amides is 1. The maximum atomic E-state index is 12.5. The van der Waals surface area contributed by atoms with Crippen molar-refractivity contribution in [2.75, 3.05) is 24.6 Å². The molecule has 0 radical (unpaired) electrons. The van der Waals surface area contributed by atoms with E-state index in [0.717, 1.165) is 11.3 Å². The molecular formula is C16H20N4O3S. The Morgan fingerprint density at radius 2 is 2.38 bits per heavy atom. The van der Waals surface area contributed by atoms with Gasteiger partial charge in [-0.1, -0.05) is 6.07 Å². The Kier molecular flexibility index (Phi) is 5.27. The van der Waals surface area contributed by atoms with Gasteiger partial charge in [0, 0.05) is 42.9 Å². The molecule has 3 rings (SSSR count). The molecule has 1 amide bonds. The lowest BCUT2D eigenvalue weighted by Crippen LogP contribution is -2.36. The lowest BCUT2D eigenvalue weighted by Gasteiger charge is -2.17. The zero-order valence-electron chi connectivity index (χ0n) is 13.2. The Labute approximate surface area is 143 Å². The van der Waals surface area contributed by atoms with Crippen LogP contribution in [-0.2, 0) is 17.9 Å². The fourth-order valence-corrected chi connectivity index (χ4v) is 3.41. The van der Waals surface area contributed by atoms with Crippen molar-refractivity contribution in [3.05, 3.63) is 45.1 Å². The van der Waals surface area contributed by atoms with Crippen LogP contribution >= 0.6 is 11.3 Å². The monoisotopic (exact) mass is 348 g/mol. The largest absolute Gasteiger partial charge is 0.396 e. The van der Waals surface area contributed by atoms with Gasteiger partial charge in [-0.2, -0.15) is 0 Å². The lowest BCUT2D eigenvalue weighted by molar-refractivity contribution is -0.121. The fourth-order valence-electron chi connectivity index (χ4n) is 2.76. The molecule has 7 nitrogen and oxygen atoms in total. The maximum Gasteiger partial charge on any atom is 0.293 e. The second-order valence-corrected chi connectivity index (χ2v) is 6.86. The van der Waals surface area contributed by atoms with E-state index in [9.17, 15) is 14.7 Å². The minimum absolute atomic E-state index is 0.0308. The summed E-state index contributed by atoms with van der Waals surface area (Å²) >= 11 is 1.58. The molecule has 0 spiro atoms. The first-order valence-electron chi connectivity index (χ1n) is 7.87. The lowest BCUT2D eigenvalue weighted by atomic mass is 10.1. The van der Waals surface area contributed by atoms with Crippen LogP contribution in [0.25, 0.3) is 0 Å². The van der Waals surface area contributed by atoms with Gasteiger partial charge in [0.2, 0.25) is 5.91 Å². The second kappa shape index (κ2) is 7.59. The third kappa shape index (κ3) is 3.82. The van der Waals surface area contributed by atoms with E-state index >= 15 is 0 Å². The third-order valence-corrected chi connectivity index (χ3v) is 4.97. The number of anilines is 1. The maximum absolute atomic E-state index is 12.5. The predicted molar refractivity (Wildman–Crippen MR) is 92.1 cm³/mol. The summed E-state index contributed by atoms with van der Waals surface area (Å²) in [7, 11) is 0. The highest BCUT2D eigenvalue weighted by molar-refractivity contribution is 7.09. The smallest absolute Gasteiger partial charge is 0.293 e. The van der Waals surface area contributed by atoms with Crippen LogP contribution in [0.2, 0.25) is 0 Å². The molecule has 24 heavy (non-hydrogen) atoms. The van der Waals surface area contributed by atoms with Gasteiger partial charge >= 0.3 is 0 Å². The number of nitrogens with one attached hydrogen (secondary N) is 1. The van der Waals surface area contributed by atoms with E-state index in [1.165, 1.54) is 17.0 Å². The van der Waals surface area contributed by atoms with Crippen molar-refractivity contribution < 1.29 is 9.90 Å². The van der Waals surface area contributed by atoms with Gasteiger partial charge in [-0.25, -0.2) is 4.98 Å². The van der Waals surface area contributed by atoms with E-state index in [0.29, 0.717) is 25.5 Å². The van der Waals surface area contributed by atoms with E-state index in [1.807, 2.05) is 22.4 Å². The molecule has 1 saturated heterocycles. The zero-order valence-corrected chi connectivity index (χ0v) is 14.0. The summed E-state index contributed by atoms with van der Waals surface area (Å²) in [5.74, 6) is 0.311. The van der Waals surface area contributed by atoms with E-state index in [4.69, 9.17) is 0 Å². The molecule has 0 bridgehead atoms. The van der Waals surface area contributed by atoms with Crippen molar-refractivity contribution in [2.24, 2.45) is 5.92 Å². The zero-order chi connectivity index (χ0) is 16.9. The number of hydrogen-bond donors (Lipinski definition) is 2. The summed E-state index contributed by atoms with van der Waals surface area (Å²) in [5, 5.41) is 14.0. The summed E-state index contributed by atoms with van der Waals surface area (Å²) in [6.07, 6.45) is 3.90. The normalized spacial score (nSPS) is 17.2.